The molecule has 2 N–H and O–H groups in total. The average Bonchev–Trinajstić information content (AvgIpc) is 3.15. The van der Waals surface area contributed by atoms with Gasteiger partial charge < -0.3 is 10.6 Å². The Balaban J connectivity index is 2.26. The van der Waals surface area contributed by atoms with Crippen LogP contribution in [0.2, 0.25) is 0 Å². The first-order valence-corrected chi connectivity index (χ1v) is 9.04. The van der Waals surface area contributed by atoms with Crippen molar-refractivity contribution >= 4 is 33.4 Å². The molecule has 9 heteroatoms. The van der Waals surface area contributed by atoms with E-state index in [0.717, 1.165) is 0 Å². The van der Waals surface area contributed by atoms with Crippen LogP contribution in [0.5, 0.6) is 0 Å². The fraction of sp³-hybridized carbons (Fsp3) is 0.500. The van der Waals surface area contributed by atoms with Crippen molar-refractivity contribution in [3.05, 3.63) is 28.3 Å². The second-order valence-corrected chi connectivity index (χ2v) is 6.82. The Morgan fingerprint density at radius 3 is 2.56 bits per heavy atom. The summed E-state index contributed by atoms with van der Waals surface area (Å²) in [6.45, 7) is 9.53. The van der Waals surface area contributed by atoms with Crippen LogP contribution >= 0.6 is 15.9 Å². The smallest absolute Gasteiger partial charge is 0.275 e. The van der Waals surface area contributed by atoms with Crippen LogP contribution in [0.25, 0.3) is 0 Å². The fourth-order valence-electron chi connectivity index (χ4n) is 2.23. The lowest BCUT2D eigenvalue weighted by Gasteiger charge is -2.09. The second-order valence-electron chi connectivity index (χ2n) is 5.96. The highest BCUT2D eigenvalue weighted by Crippen LogP contribution is 2.20. The monoisotopic (exact) mass is 410 g/mol. The normalized spacial score (nSPS) is 11.0. The molecular weight excluding hydrogens is 388 g/mol. The summed E-state index contributed by atoms with van der Waals surface area (Å²) >= 11 is 3.33. The maximum absolute atomic E-state index is 12.6. The lowest BCUT2D eigenvalue weighted by atomic mass is 10.2. The quantitative estimate of drug-likeness (QED) is 0.732. The van der Waals surface area contributed by atoms with Gasteiger partial charge in [-0.05, 0) is 35.7 Å². The van der Waals surface area contributed by atoms with Gasteiger partial charge in [0.2, 0.25) is 0 Å². The topological polar surface area (TPSA) is 93.8 Å². The van der Waals surface area contributed by atoms with E-state index < -0.39 is 0 Å². The van der Waals surface area contributed by atoms with Gasteiger partial charge in [0.25, 0.3) is 11.8 Å². The zero-order chi connectivity index (χ0) is 18.6. The van der Waals surface area contributed by atoms with Gasteiger partial charge in [-0.3, -0.25) is 19.0 Å². The molecule has 0 bridgehead atoms. The van der Waals surface area contributed by atoms with Gasteiger partial charge in [-0.15, -0.1) is 0 Å². The number of rotatable bonds is 7. The number of carbonyl (C=O) groups excluding carboxylic acids is 2. The maximum atomic E-state index is 12.6. The molecule has 2 amide bonds. The predicted octanol–water partition coefficient (Wildman–Crippen LogP) is 2.52. The summed E-state index contributed by atoms with van der Waals surface area (Å²) in [4.78, 5) is 25.0. The summed E-state index contributed by atoms with van der Waals surface area (Å²) in [6, 6.07) is 0. The third-order valence-corrected chi connectivity index (χ3v) is 4.11. The highest BCUT2D eigenvalue weighted by Gasteiger charge is 2.22. The minimum absolute atomic E-state index is 0.203. The lowest BCUT2D eigenvalue weighted by Crippen LogP contribution is -2.29. The Kier molecular flexibility index (Phi) is 6.35. The first-order chi connectivity index (χ1) is 11.9. The Bertz CT molecular complexity index is 765. The van der Waals surface area contributed by atoms with Gasteiger partial charge in [0.05, 0.1) is 16.4 Å². The second kappa shape index (κ2) is 8.28. The van der Waals surface area contributed by atoms with E-state index in [2.05, 4.69) is 36.8 Å². The van der Waals surface area contributed by atoms with Crippen molar-refractivity contribution in [2.24, 2.45) is 5.92 Å². The van der Waals surface area contributed by atoms with Crippen molar-refractivity contribution in [1.82, 2.24) is 24.9 Å². The van der Waals surface area contributed by atoms with Gasteiger partial charge in [-0.25, -0.2) is 0 Å². The Hall–Kier alpha value is -2.16. The minimum Gasteiger partial charge on any atom is -0.350 e. The molecule has 2 heterocycles. The Morgan fingerprint density at radius 1 is 1.24 bits per heavy atom. The SMILES string of the molecule is CCn1cc(NC(=O)c2c(Br)cnn2CC)c(C(=O)NCC(C)C)n1. The molecule has 0 aromatic carbocycles. The zero-order valence-corrected chi connectivity index (χ0v) is 16.4. The van der Waals surface area contributed by atoms with Gasteiger partial charge >= 0.3 is 0 Å². The Labute approximate surface area is 155 Å². The number of hydrogen-bond donors (Lipinski definition) is 2. The molecule has 2 aromatic heterocycles. The molecule has 0 saturated carbocycles. The highest BCUT2D eigenvalue weighted by molar-refractivity contribution is 9.10. The molecule has 0 aliphatic heterocycles. The molecule has 0 atom stereocenters. The van der Waals surface area contributed by atoms with Crippen LogP contribution in [0.3, 0.4) is 0 Å². The summed E-state index contributed by atoms with van der Waals surface area (Å²) in [7, 11) is 0. The molecule has 0 fully saturated rings. The maximum Gasteiger partial charge on any atom is 0.275 e. The fourth-order valence-corrected chi connectivity index (χ4v) is 2.71. The number of nitrogens with one attached hydrogen (secondary N) is 2. The number of amides is 2. The molecule has 0 radical (unpaired) electrons. The molecule has 136 valence electrons. The van der Waals surface area contributed by atoms with E-state index >= 15 is 0 Å². The molecule has 2 rings (SSSR count). The summed E-state index contributed by atoms with van der Waals surface area (Å²) in [5.74, 6) is -0.329. The first-order valence-electron chi connectivity index (χ1n) is 8.25. The number of aryl methyl sites for hydroxylation is 2. The van der Waals surface area contributed by atoms with E-state index in [1.54, 1.807) is 21.8 Å². The number of hydrogen-bond acceptors (Lipinski definition) is 4. The van der Waals surface area contributed by atoms with Crippen LogP contribution in [-0.2, 0) is 13.1 Å². The van der Waals surface area contributed by atoms with E-state index in [1.165, 1.54) is 0 Å². The van der Waals surface area contributed by atoms with Gasteiger partial charge in [0, 0.05) is 25.8 Å². The van der Waals surface area contributed by atoms with Crippen LogP contribution in [0, 0.1) is 5.92 Å². The van der Waals surface area contributed by atoms with Gasteiger partial charge in [-0.1, -0.05) is 13.8 Å². The van der Waals surface area contributed by atoms with Crippen LogP contribution in [0.4, 0.5) is 5.69 Å². The van der Waals surface area contributed by atoms with E-state index in [-0.39, 0.29) is 17.5 Å². The summed E-state index contributed by atoms with van der Waals surface area (Å²) in [6.07, 6.45) is 3.23. The number of halogens is 1. The first kappa shape index (κ1) is 19.2. The summed E-state index contributed by atoms with van der Waals surface area (Å²) in [5.41, 5.74) is 0.985. The van der Waals surface area contributed by atoms with E-state index in [0.29, 0.717) is 41.4 Å². The minimum atomic E-state index is -0.347. The van der Waals surface area contributed by atoms with Crippen molar-refractivity contribution in [3.8, 4) is 0 Å². The molecule has 0 aliphatic rings. The van der Waals surface area contributed by atoms with Crippen molar-refractivity contribution < 1.29 is 9.59 Å². The van der Waals surface area contributed by atoms with E-state index in [9.17, 15) is 9.59 Å². The Morgan fingerprint density at radius 2 is 1.96 bits per heavy atom. The molecule has 0 spiro atoms. The number of aromatic nitrogens is 4. The van der Waals surface area contributed by atoms with Crippen LogP contribution in [0.15, 0.2) is 16.9 Å². The van der Waals surface area contributed by atoms with Crippen LogP contribution in [-0.4, -0.2) is 37.9 Å². The average molecular weight is 411 g/mol. The molecule has 0 unspecified atom stereocenters. The van der Waals surface area contributed by atoms with Crippen LogP contribution in [0.1, 0.15) is 48.7 Å². The zero-order valence-electron chi connectivity index (χ0n) is 14.8. The largest absolute Gasteiger partial charge is 0.350 e. The molecular formula is C16H23BrN6O2. The van der Waals surface area contributed by atoms with E-state index in [1.807, 2.05) is 27.7 Å². The third kappa shape index (κ3) is 4.47. The van der Waals surface area contributed by atoms with Crippen molar-refractivity contribution in [2.75, 3.05) is 11.9 Å². The highest BCUT2D eigenvalue weighted by atomic mass is 79.9. The molecule has 0 aliphatic carbocycles. The predicted molar refractivity (Wildman–Crippen MR) is 98.6 cm³/mol. The van der Waals surface area contributed by atoms with Crippen molar-refractivity contribution in [3.63, 3.8) is 0 Å². The standard InChI is InChI=1S/C16H23BrN6O2/c1-5-22-9-12(13(21-22)15(24)18-7-10(3)4)20-16(25)14-11(17)8-19-23(14)6-2/h8-10H,5-7H2,1-4H3,(H,18,24)(H,20,25). The van der Waals surface area contributed by atoms with Gasteiger partial charge in [0.15, 0.2) is 5.69 Å². The van der Waals surface area contributed by atoms with Crippen molar-refractivity contribution in [1.29, 1.82) is 0 Å². The lowest BCUT2D eigenvalue weighted by molar-refractivity contribution is 0.0944. The number of nitrogens with zero attached hydrogens (tertiary/aromatic N) is 4. The van der Waals surface area contributed by atoms with E-state index in [4.69, 9.17) is 0 Å². The number of carbonyl (C=O) groups is 2. The van der Waals surface area contributed by atoms with Crippen LogP contribution < -0.4 is 10.6 Å². The molecule has 25 heavy (non-hydrogen) atoms. The summed E-state index contributed by atoms with van der Waals surface area (Å²) < 4.78 is 3.80. The third-order valence-electron chi connectivity index (χ3n) is 3.53. The molecule has 0 saturated heterocycles. The molecule has 2 aromatic rings. The summed E-state index contributed by atoms with van der Waals surface area (Å²) in [5, 5.41) is 14.0. The number of anilines is 1. The van der Waals surface area contributed by atoms with Crippen molar-refractivity contribution in [2.45, 2.75) is 40.8 Å². The van der Waals surface area contributed by atoms with Gasteiger partial charge in [0.1, 0.15) is 5.69 Å². The molecule has 8 nitrogen and oxygen atoms in total. The van der Waals surface area contributed by atoms with Gasteiger partial charge in [-0.2, -0.15) is 10.2 Å².